The second-order valence-corrected chi connectivity index (χ2v) is 9.54. The molecule has 0 radical (unpaired) electrons. The number of hydrogen-bond acceptors (Lipinski definition) is 4. The van der Waals surface area contributed by atoms with Gasteiger partial charge in [-0.25, -0.2) is 0 Å². The molecule has 2 heterocycles. The number of fused-ring (bicyclic) bond motifs is 1. The molecule has 0 aromatic heterocycles. The fourth-order valence-corrected chi connectivity index (χ4v) is 5.22. The van der Waals surface area contributed by atoms with Gasteiger partial charge >= 0.3 is 0 Å². The van der Waals surface area contributed by atoms with Crippen LogP contribution < -0.4 is 0 Å². The van der Waals surface area contributed by atoms with E-state index in [-0.39, 0.29) is 54.8 Å². The fourth-order valence-electron chi connectivity index (χ4n) is 5.22. The number of nitrogens with zero attached hydrogens (tertiary/aromatic N) is 3. The van der Waals surface area contributed by atoms with E-state index in [1.54, 1.807) is 28.8 Å². The Bertz CT molecular complexity index is 1080. The molecular formula is C26H29N3O4. The summed E-state index contributed by atoms with van der Waals surface area (Å²) in [5.41, 5.74) is 3.75. The summed E-state index contributed by atoms with van der Waals surface area (Å²) in [7, 11) is 3.47. The molecule has 2 saturated heterocycles. The highest BCUT2D eigenvalue weighted by Gasteiger charge is 2.55. The van der Waals surface area contributed by atoms with E-state index in [1.165, 1.54) is 0 Å². The number of aliphatic hydroxyl groups is 1. The summed E-state index contributed by atoms with van der Waals surface area (Å²) in [5.74, 6) is 0.0936. The highest BCUT2D eigenvalue weighted by molar-refractivity contribution is 5.94. The summed E-state index contributed by atoms with van der Waals surface area (Å²) in [6.07, 6.45) is 1.85. The number of rotatable bonds is 5. The lowest BCUT2D eigenvalue weighted by Crippen LogP contribution is -2.73. The van der Waals surface area contributed by atoms with Gasteiger partial charge in [-0.2, -0.15) is 0 Å². The lowest BCUT2D eigenvalue weighted by atomic mass is 9.73. The Balaban J connectivity index is 1.34. The fraction of sp³-hybridized carbons (Fsp3) is 0.423. The zero-order chi connectivity index (χ0) is 23.3. The quantitative estimate of drug-likeness (QED) is 0.760. The zero-order valence-corrected chi connectivity index (χ0v) is 19.0. The Morgan fingerprint density at radius 2 is 1.61 bits per heavy atom. The molecule has 33 heavy (non-hydrogen) atoms. The molecular weight excluding hydrogens is 418 g/mol. The third-order valence-corrected chi connectivity index (χ3v) is 7.16. The van der Waals surface area contributed by atoms with Gasteiger partial charge in [0.05, 0.1) is 25.2 Å². The molecule has 2 aromatic rings. The molecule has 7 nitrogen and oxygen atoms in total. The largest absolute Gasteiger partial charge is 0.394 e. The second-order valence-electron chi connectivity index (χ2n) is 9.54. The molecule has 2 aromatic carbocycles. The maximum absolute atomic E-state index is 12.7. The lowest BCUT2D eigenvalue weighted by molar-refractivity contribution is -0.167. The lowest BCUT2D eigenvalue weighted by Gasteiger charge is -2.58. The van der Waals surface area contributed by atoms with Crippen LogP contribution in [0, 0.1) is 5.92 Å². The molecule has 3 fully saturated rings. The number of piperazine rings is 1. The number of amides is 3. The SMILES string of the molecule is CN(C)C(=O)c1ccc(-c2ccc([C@@H]3[C@@H](CO)N4C(=O)CN(C(=O)C5CC5)C[C@@H]34)cc2)cc1. The number of hydrogen-bond donors (Lipinski definition) is 1. The maximum Gasteiger partial charge on any atom is 0.253 e. The van der Waals surface area contributed by atoms with Crippen molar-refractivity contribution in [2.45, 2.75) is 30.8 Å². The molecule has 2 aliphatic heterocycles. The first kappa shape index (κ1) is 21.6. The standard InChI is InChI=1S/C26H29N3O4/c1-27(2)25(32)19-9-5-17(6-10-19)16-3-7-18(8-4-16)24-21-13-28(26(33)20-11-12-20)14-23(31)29(21)22(24)15-30/h3-10,20-22,24,30H,11-15H2,1-2H3/t21-,22+,24-/m0/s1. The smallest absolute Gasteiger partial charge is 0.253 e. The maximum atomic E-state index is 12.7. The summed E-state index contributed by atoms with van der Waals surface area (Å²) in [5, 5.41) is 9.98. The summed E-state index contributed by atoms with van der Waals surface area (Å²) in [6.45, 7) is 0.568. The molecule has 172 valence electrons. The third kappa shape index (κ3) is 3.80. The number of carbonyl (C=O) groups is 3. The van der Waals surface area contributed by atoms with Crippen molar-refractivity contribution in [3.63, 3.8) is 0 Å². The van der Waals surface area contributed by atoms with Gasteiger partial charge in [0.25, 0.3) is 5.91 Å². The van der Waals surface area contributed by atoms with E-state index < -0.39 is 0 Å². The van der Waals surface area contributed by atoms with Crippen LogP contribution in [0.4, 0.5) is 0 Å². The molecule has 1 aliphatic carbocycles. The molecule has 0 unspecified atom stereocenters. The van der Waals surface area contributed by atoms with Gasteiger partial charge in [0.1, 0.15) is 0 Å². The Hall–Kier alpha value is -3.19. The molecule has 1 saturated carbocycles. The summed E-state index contributed by atoms with van der Waals surface area (Å²) in [4.78, 5) is 42.4. The first-order valence-corrected chi connectivity index (χ1v) is 11.5. The van der Waals surface area contributed by atoms with Crippen LogP contribution in [-0.2, 0) is 9.59 Å². The first-order valence-electron chi connectivity index (χ1n) is 11.5. The molecule has 1 N–H and O–H groups in total. The van der Waals surface area contributed by atoms with Crippen LogP contribution in [0.3, 0.4) is 0 Å². The van der Waals surface area contributed by atoms with Gasteiger partial charge < -0.3 is 19.8 Å². The van der Waals surface area contributed by atoms with Crippen molar-refractivity contribution in [3.8, 4) is 11.1 Å². The van der Waals surface area contributed by atoms with E-state index in [9.17, 15) is 19.5 Å². The van der Waals surface area contributed by atoms with E-state index >= 15 is 0 Å². The van der Waals surface area contributed by atoms with Crippen LogP contribution in [0.25, 0.3) is 11.1 Å². The number of benzene rings is 2. The second kappa shape index (κ2) is 8.30. The molecule has 3 atom stereocenters. The van der Waals surface area contributed by atoms with Gasteiger partial charge in [-0.3, -0.25) is 14.4 Å². The van der Waals surface area contributed by atoms with Crippen molar-refractivity contribution in [2.75, 3.05) is 33.8 Å². The Labute approximate surface area is 193 Å². The van der Waals surface area contributed by atoms with Gasteiger partial charge in [0.15, 0.2) is 0 Å². The Morgan fingerprint density at radius 1 is 1.00 bits per heavy atom. The molecule has 0 bridgehead atoms. The van der Waals surface area contributed by atoms with Crippen molar-refractivity contribution in [1.82, 2.24) is 14.7 Å². The van der Waals surface area contributed by atoms with Gasteiger partial charge in [-0.1, -0.05) is 36.4 Å². The van der Waals surface area contributed by atoms with Crippen LogP contribution in [-0.4, -0.2) is 83.4 Å². The van der Waals surface area contributed by atoms with Crippen molar-refractivity contribution in [2.24, 2.45) is 5.92 Å². The summed E-state index contributed by atoms with van der Waals surface area (Å²) in [6, 6.07) is 15.4. The topological polar surface area (TPSA) is 81.2 Å². The van der Waals surface area contributed by atoms with Crippen LogP contribution in [0.15, 0.2) is 48.5 Å². The van der Waals surface area contributed by atoms with E-state index in [0.717, 1.165) is 29.5 Å². The van der Waals surface area contributed by atoms with Gasteiger partial charge in [0, 0.05) is 38.0 Å². The Morgan fingerprint density at radius 3 is 2.15 bits per heavy atom. The minimum Gasteiger partial charge on any atom is -0.394 e. The van der Waals surface area contributed by atoms with E-state index in [1.807, 2.05) is 48.5 Å². The van der Waals surface area contributed by atoms with Crippen LogP contribution in [0.1, 0.15) is 34.7 Å². The molecule has 3 amide bonds. The number of aliphatic hydroxyl groups excluding tert-OH is 1. The Kier molecular flexibility index (Phi) is 5.44. The summed E-state index contributed by atoms with van der Waals surface area (Å²) < 4.78 is 0. The monoisotopic (exact) mass is 447 g/mol. The number of carbonyl (C=O) groups excluding carboxylic acids is 3. The summed E-state index contributed by atoms with van der Waals surface area (Å²) >= 11 is 0. The highest BCUT2D eigenvalue weighted by Crippen LogP contribution is 2.44. The molecule has 7 heteroatoms. The normalized spacial score (nSPS) is 24.2. The average Bonchev–Trinajstić information content (AvgIpc) is 3.65. The zero-order valence-electron chi connectivity index (χ0n) is 19.0. The minimum absolute atomic E-state index is 0.00268. The van der Waals surface area contributed by atoms with Crippen molar-refractivity contribution >= 4 is 17.7 Å². The molecule has 5 rings (SSSR count). The van der Waals surface area contributed by atoms with Gasteiger partial charge in [-0.15, -0.1) is 0 Å². The van der Waals surface area contributed by atoms with E-state index in [4.69, 9.17) is 0 Å². The third-order valence-electron chi connectivity index (χ3n) is 7.16. The molecule has 3 aliphatic rings. The minimum atomic E-state index is -0.247. The van der Waals surface area contributed by atoms with Crippen molar-refractivity contribution in [1.29, 1.82) is 0 Å². The van der Waals surface area contributed by atoms with E-state index in [2.05, 4.69) is 0 Å². The van der Waals surface area contributed by atoms with Gasteiger partial charge in [0.2, 0.25) is 11.8 Å². The first-order chi connectivity index (χ1) is 15.9. The molecule has 0 spiro atoms. The van der Waals surface area contributed by atoms with Crippen molar-refractivity contribution in [3.05, 3.63) is 59.7 Å². The average molecular weight is 448 g/mol. The van der Waals surface area contributed by atoms with Gasteiger partial charge in [-0.05, 0) is 41.7 Å². The highest BCUT2D eigenvalue weighted by atomic mass is 16.3. The predicted molar refractivity (Wildman–Crippen MR) is 123 cm³/mol. The van der Waals surface area contributed by atoms with Crippen LogP contribution >= 0.6 is 0 Å². The van der Waals surface area contributed by atoms with E-state index in [0.29, 0.717) is 12.1 Å². The predicted octanol–water partition coefficient (Wildman–Crippen LogP) is 1.96. The van der Waals surface area contributed by atoms with Crippen LogP contribution in [0.5, 0.6) is 0 Å². The van der Waals surface area contributed by atoms with Crippen molar-refractivity contribution < 1.29 is 19.5 Å². The van der Waals surface area contributed by atoms with Crippen LogP contribution in [0.2, 0.25) is 0 Å².